The van der Waals surface area contributed by atoms with Gasteiger partial charge in [-0.15, -0.1) is 10.2 Å². The number of amides is 2. The van der Waals surface area contributed by atoms with Crippen LogP contribution >= 0.6 is 34.5 Å². The number of hydrogen-bond donors (Lipinski definition) is 2. The lowest BCUT2D eigenvalue weighted by atomic mass is 10.3. The van der Waals surface area contributed by atoms with Gasteiger partial charge in [0.25, 0.3) is 5.91 Å². The van der Waals surface area contributed by atoms with E-state index in [9.17, 15) is 14.4 Å². The van der Waals surface area contributed by atoms with Crippen LogP contribution in [0.1, 0.15) is 17.8 Å². The van der Waals surface area contributed by atoms with Crippen LogP contribution in [0.25, 0.3) is 0 Å². The molecule has 0 aliphatic rings. The van der Waals surface area contributed by atoms with E-state index in [2.05, 4.69) is 20.8 Å². The third-order valence-electron chi connectivity index (χ3n) is 2.90. The van der Waals surface area contributed by atoms with Crippen LogP contribution < -0.4 is 10.6 Å². The predicted octanol–water partition coefficient (Wildman–Crippen LogP) is 3.05. The standard InChI is InChI=1S/C15H14Cl2N4O4S/c1-8-20-21-15(26-8)19-12(22)4-5-14(24)25-7-13(23)18-11-6-9(16)2-3-10(11)17/h2-3,6H,4-5,7H2,1H3,(H,18,23)(H,19,21,22). The van der Waals surface area contributed by atoms with Crippen LogP contribution in [0.2, 0.25) is 10.0 Å². The van der Waals surface area contributed by atoms with E-state index in [1.165, 1.54) is 23.5 Å². The van der Waals surface area contributed by atoms with Gasteiger partial charge in [0.2, 0.25) is 11.0 Å². The normalized spacial score (nSPS) is 10.3. The van der Waals surface area contributed by atoms with E-state index in [-0.39, 0.29) is 12.8 Å². The molecule has 2 aromatic rings. The van der Waals surface area contributed by atoms with Crippen LogP contribution in [-0.2, 0) is 19.1 Å². The number of esters is 1. The van der Waals surface area contributed by atoms with Crippen molar-refractivity contribution in [3.8, 4) is 0 Å². The second-order valence-corrected chi connectivity index (χ2v) is 7.03. The van der Waals surface area contributed by atoms with Crippen molar-refractivity contribution in [3.05, 3.63) is 33.3 Å². The minimum absolute atomic E-state index is 0.0980. The van der Waals surface area contributed by atoms with Crippen LogP contribution in [0.5, 0.6) is 0 Å². The molecule has 138 valence electrons. The van der Waals surface area contributed by atoms with E-state index in [1.807, 2.05) is 0 Å². The molecule has 0 spiro atoms. The molecule has 1 aromatic carbocycles. The quantitative estimate of drug-likeness (QED) is 0.670. The van der Waals surface area contributed by atoms with Gasteiger partial charge < -0.3 is 15.4 Å². The Hall–Kier alpha value is -2.23. The van der Waals surface area contributed by atoms with E-state index in [0.29, 0.717) is 25.9 Å². The van der Waals surface area contributed by atoms with Gasteiger partial charge in [-0.3, -0.25) is 14.4 Å². The molecule has 0 bridgehead atoms. The summed E-state index contributed by atoms with van der Waals surface area (Å²) in [5, 5.41) is 14.3. The highest BCUT2D eigenvalue weighted by Crippen LogP contribution is 2.25. The minimum atomic E-state index is -0.680. The van der Waals surface area contributed by atoms with E-state index < -0.39 is 24.4 Å². The largest absolute Gasteiger partial charge is 0.456 e. The first kappa shape index (κ1) is 20.1. The van der Waals surface area contributed by atoms with Gasteiger partial charge >= 0.3 is 5.97 Å². The number of nitrogens with zero attached hydrogens (tertiary/aromatic N) is 2. The topological polar surface area (TPSA) is 110 Å². The van der Waals surface area contributed by atoms with Crippen molar-refractivity contribution < 1.29 is 19.1 Å². The molecular weight excluding hydrogens is 403 g/mol. The fourth-order valence-electron chi connectivity index (χ4n) is 1.74. The van der Waals surface area contributed by atoms with Crippen molar-refractivity contribution in [2.75, 3.05) is 17.2 Å². The van der Waals surface area contributed by atoms with Gasteiger partial charge in [-0.1, -0.05) is 34.5 Å². The lowest BCUT2D eigenvalue weighted by Crippen LogP contribution is -2.22. The number of anilines is 2. The van der Waals surface area contributed by atoms with E-state index >= 15 is 0 Å². The Balaban J connectivity index is 1.70. The highest BCUT2D eigenvalue weighted by atomic mass is 35.5. The third kappa shape index (κ3) is 6.58. The Morgan fingerprint density at radius 1 is 1.12 bits per heavy atom. The number of ether oxygens (including phenoxy) is 1. The molecule has 1 heterocycles. The maximum absolute atomic E-state index is 11.8. The first-order valence-electron chi connectivity index (χ1n) is 7.34. The summed E-state index contributed by atoms with van der Waals surface area (Å²) >= 11 is 13.0. The second-order valence-electron chi connectivity index (χ2n) is 5.01. The Kier molecular flexibility index (Phi) is 7.31. The zero-order valence-corrected chi connectivity index (χ0v) is 15.9. The smallest absolute Gasteiger partial charge is 0.306 e. The van der Waals surface area contributed by atoms with Gasteiger partial charge in [-0.05, 0) is 25.1 Å². The monoisotopic (exact) mass is 416 g/mol. The molecule has 0 fully saturated rings. The maximum atomic E-state index is 11.8. The van der Waals surface area contributed by atoms with Crippen molar-refractivity contribution in [1.29, 1.82) is 0 Å². The molecule has 8 nitrogen and oxygen atoms in total. The average molecular weight is 417 g/mol. The molecule has 0 aliphatic carbocycles. The fourth-order valence-corrected chi connectivity index (χ4v) is 2.69. The first-order chi connectivity index (χ1) is 12.3. The van der Waals surface area contributed by atoms with Crippen LogP contribution in [0.15, 0.2) is 18.2 Å². The van der Waals surface area contributed by atoms with Gasteiger partial charge in [0, 0.05) is 11.4 Å². The summed E-state index contributed by atoms with van der Waals surface area (Å²) in [6, 6.07) is 4.58. The van der Waals surface area contributed by atoms with Gasteiger partial charge in [-0.2, -0.15) is 0 Å². The van der Waals surface area contributed by atoms with Crippen molar-refractivity contribution in [1.82, 2.24) is 10.2 Å². The third-order valence-corrected chi connectivity index (χ3v) is 4.21. The number of carbonyl (C=O) groups excluding carboxylic acids is 3. The second kappa shape index (κ2) is 9.46. The minimum Gasteiger partial charge on any atom is -0.456 e. The van der Waals surface area contributed by atoms with E-state index in [4.69, 9.17) is 27.9 Å². The molecular formula is C15H14Cl2N4O4S. The lowest BCUT2D eigenvalue weighted by molar-refractivity contribution is -0.147. The summed E-state index contributed by atoms with van der Waals surface area (Å²) in [5.74, 6) is -1.65. The number of hydrogen-bond acceptors (Lipinski definition) is 7. The van der Waals surface area contributed by atoms with Crippen LogP contribution in [0, 0.1) is 6.92 Å². The number of rotatable bonds is 7. The Morgan fingerprint density at radius 2 is 1.88 bits per heavy atom. The zero-order chi connectivity index (χ0) is 19.1. The van der Waals surface area contributed by atoms with Gasteiger partial charge in [0.1, 0.15) is 5.01 Å². The van der Waals surface area contributed by atoms with Gasteiger partial charge in [0.05, 0.1) is 17.1 Å². The summed E-state index contributed by atoms with van der Waals surface area (Å²) in [6.07, 6.45) is -0.270. The molecule has 0 unspecified atom stereocenters. The molecule has 2 N–H and O–H groups in total. The van der Waals surface area contributed by atoms with Crippen LogP contribution in [0.3, 0.4) is 0 Å². The summed E-state index contributed by atoms with van der Waals surface area (Å²) in [5.41, 5.74) is 0.312. The average Bonchev–Trinajstić information content (AvgIpc) is 2.99. The number of halogens is 2. The van der Waals surface area contributed by atoms with Crippen molar-refractivity contribution in [2.24, 2.45) is 0 Å². The van der Waals surface area contributed by atoms with Crippen molar-refractivity contribution in [3.63, 3.8) is 0 Å². The molecule has 2 rings (SSSR count). The summed E-state index contributed by atoms with van der Waals surface area (Å²) in [6.45, 7) is 1.26. The van der Waals surface area contributed by atoms with Gasteiger partial charge in [-0.25, -0.2) is 0 Å². The maximum Gasteiger partial charge on any atom is 0.306 e. The van der Waals surface area contributed by atoms with E-state index in [0.717, 1.165) is 0 Å². The molecule has 11 heteroatoms. The van der Waals surface area contributed by atoms with Crippen LogP contribution in [0.4, 0.5) is 10.8 Å². The first-order valence-corrected chi connectivity index (χ1v) is 8.91. The van der Waals surface area contributed by atoms with Gasteiger partial charge in [0.15, 0.2) is 6.61 Å². The number of aromatic nitrogens is 2. The highest BCUT2D eigenvalue weighted by Gasteiger charge is 2.13. The summed E-state index contributed by atoms with van der Waals surface area (Å²) in [7, 11) is 0. The SMILES string of the molecule is Cc1nnc(NC(=O)CCC(=O)OCC(=O)Nc2cc(Cl)ccc2Cl)s1. The molecule has 0 saturated heterocycles. The Morgan fingerprint density at radius 3 is 2.58 bits per heavy atom. The molecule has 0 radical (unpaired) electrons. The molecule has 26 heavy (non-hydrogen) atoms. The fraction of sp³-hybridized carbons (Fsp3) is 0.267. The Labute approximate surface area is 162 Å². The number of carbonyl (C=O) groups is 3. The van der Waals surface area contributed by atoms with E-state index in [1.54, 1.807) is 13.0 Å². The zero-order valence-electron chi connectivity index (χ0n) is 13.5. The Bertz CT molecular complexity index is 828. The highest BCUT2D eigenvalue weighted by molar-refractivity contribution is 7.15. The lowest BCUT2D eigenvalue weighted by Gasteiger charge is -2.08. The number of nitrogens with one attached hydrogen (secondary N) is 2. The number of benzene rings is 1. The molecule has 0 aliphatic heterocycles. The summed E-state index contributed by atoms with van der Waals surface area (Å²) in [4.78, 5) is 35.1. The molecule has 0 saturated carbocycles. The predicted molar refractivity (Wildman–Crippen MR) is 98.6 cm³/mol. The van der Waals surface area contributed by atoms with Crippen molar-refractivity contribution in [2.45, 2.75) is 19.8 Å². The molecule has 2 amide bonds. The molecule has 0 atom stereocenters. The summed E-state index contributed by atoms with van der Waals surface area (Å²) < 4.78 is 4.82. The van der Waals surface area contributed by atoms with Crippen molar-refractivity contribution >= 4 is 63.1 Å². The number of aryl methyl sites for hydroxylation is 1. The molecule has 1 aromatic heterocycles. The van der Waals surface area contributed by atoms with Crippen LogP contribution in [-0.4, -0.2) is 34.6 Å².